The van der Waals surface area contributed by atoms with Crippen molar-refractivity contribution in [3.8, 4) is 11.1 Å². The Morgan fingerprint density at radius 3 is 2.23 bits per heavy atom. The summed E-state index contributed by atoms with van der Waals surface area (Å²) in [5.74, 6) is 0.266. The largest absolute Gasteiger partial charge is 0.393 e. The van der Waals surface area contributed by atoms with Gasteiger partial charge in [-0.25, -0.2) is 0 Å². The van der Waals surface area contributed by atoms with E-state index in [1.807, 2.05) is 0 Å². The summed E-state index contributed by atoms with van der Waals surface area (Å²) in [6.45, 7) is 2.11. The summed E-state index contributed by atoms with van der Waals surface area (Å²) in [6, 6.07) is 8.79. The molecule has 0 saturated heterocycles. The molecule has 0 bridgehead atoms. The number of nitrogens with one attached hydrogen (secondary N) is 1. The molecule has 0 aromatic rings. The van der Waals surface area contributed by atoms with Gasteiger partial charge in [0.2, 0.25) is 5.91 Å². The first-order valence-corrected chi connectivity index (χ1v) is 8.72. The van der Waals surface area contributed by atoms with Crippen LogP contribution in [0.4, 0.5) is 0 Å². The highest BCUT2D eigenvalue weighted by atomic mass is 16.3. The lowest BCUT2D eigenvalue weighted by atomic mass is 9.66. The van der Waals surface area contributed by atoms with E-state index in [1.54, 1.807) is 0 Å². The fourth-order valence-electron chi connectivity index (χ4n) is 3.58. The summed E-state index contributed by atoms with van der Waals surface area (Å²) in [4.78, 5) is 12.2. The lowest BCUT2D eigenvalue weighted by Gasteiger charge is -2.41. The predicted octanol–water partition coefficient (Wildman–Crippen LogP) is 3.65. The predicted molar refractivity (Wildman–Crippen MR) is 88.4 cm³/mol. The van der Waals surface area contributed by atoms with Crippen LogP contribution in [0.25, 0.3) is 11.1 Å². The summed E-state index contributed by atoms with van der Waals surface area (Å²) in [7, 11) is 0. The molecule has 0 aromatic carbocycles. The van der Waals surface area contributed by atoms with Crippen molar-refractivity contribution >= 4 is 5.91 Å². The number of rotatable bonds is 3. The van der Waals surface area contributed by atoms with Crippen molar-refractivity contribution in [2.24, 2.45) is 5.41 Å². The molecule has 3 nitrogen and oxygen atoms in total. The van der Waals surface area contributed by atoms with Gasteiger partial charge in [-0.2, -0.15) is 0 Å². The second kappa shape index (κ2) is 6.41. The average Bonchev–Trinajstić information content (AvgIpc) is 3.08. The number of aliphatic hydroxyl groups is 1. The molecule has 2 saturated carbocycles. The molecular formula is C19H27NO2. The van der Waals surface area contributed by atoms with Crippen molar-refractivity contribution in [3.05, 3.63) is 24.3 Å². The second-order valence-corrected chi connectivity index (χ2v) is 7.05. The maximum absolute atomic E-state index is 12.2. The van der Waals surface area contributed by atoms with Crippen molar-refractivity contribution < 1.29 is 9.90 Å². The Labute approximate surface area is 133 Å². The Bertz CT molecular complexity index is 505. The standard InChI is InChI=1S/C13H23NO2.C6H4/c1-2-13(8-3-9-13)12(16)14-10-4-6-11(15)7-5-10;1-2-5-4-6(5)3-1/h10-11,15H,2-9H2,1H3,(H,14,16);1-4H. The van der Waals surface area contributed by atoms with Crippen molar-refractivity contribution in [1.29, 1.82) is 0 Å². The minimum atomic E-state index is -0.142. The smallest absolute Gasteiger partial charge is 0.226 e. The maximum Gasteiger partial charge on any atom is 0.226 e. The number of aliphatic hydroxyl groups excluding tert-OH is 1. The molecule has 4 aliphatic carbocycles. The molecular weight excluding hydrogens is 274 g/mol. The molecule has 22 heavy (non-hydrogen) atoms. The van der Waals surface area contributed by atoms with Crippen molar-refractivity contribution in [1.82, 2.24) is 5.32 Å². The minimum absolute atomic E-state index is 0.0456. The van der Waals surface area contributed by atoms with E-state index in [4.69, 9.17) is 0 Å². The lowest BCUT2D eigenvalue weighted by molar-refractivity contribution is -0.137. The normalized spacial score (nSPS) is 27.0. The summed E-state index contributed by atoms with van der Waals surface area (Å²) in [6.07, 6.45) is 7.69. The third-order valence-corrected chi connectivity index (χ3v) is 5.61. The summed E-state index contributed by atoms with van der Waals surface area (Å²) in [5, 5.41) is 12.6. The van der Waals surface area contributed by atoms with E-state index in [0.717, 1.165) is 44.9 Å². The molecule has 0 spiro atoms. The molecule has 0 aromatic heterocycles. The van der Waals surface area contributed by atoms with Gasteiger partial charge in [-0.05, 0) is 62.1 Å². The van der Waals surface area contributed by atoms with Gasteiger partial charge in [-0.3, -0.25) is 4.79 Å². The number of carbonyl (C=O) groups is 1. The van der Waals surface area contributed by atoms with Gasteiger partial charge in [0.25, 0.3) is 0 Å². The van der Waals surface area contributed by atoms with Crippen molar-refractivity contribution in [2.75, 3.05) is 0 Å². The first-order chi connectivity index (χ1) is 10.6. The van der Waals surface area contributed by atoms with E-state index in [-0.39, 0.29) is 17.4 Å². The van der Waals surface area contributed by atoms with E-state index >= 15 is 0 Å². The van der Waals surface area contributed by atoms with Gasteiger partial charge in [0.15, 0.2) is 0 Å². The van der Waals surface area contributed by atoms with Crippen molar-refractivity contribution in [2.45, 2.75) is 70.4 Å². The fraction of sp³-hybridized carbons (Fsp3) is 0.632. The number of carbonyl (C=O) groups excluding carboxylic acids is 1. The highest BCUT2D eigenvalue weighted by molar-refractivity contribution is 5.83. The van der Waals surface area contributed by atoms with Gasteiger partial charge in [-0.15, -0.1) is 0 Å². The van der Waals surface area contributed by atoms with Gasteiger partial charge in [0.1, 0.15) is 0 Å². The third-order valence-electron chi connectivity index (χ3n) is 5.61. The monoisotopic (exact) mass is 301 g/mol. The third kappa shape index (κ3) is 3.35. The highest BCUT2D eigenvalue weighted by Crippen LogP contribution is 2.44. The van der Waals surface area contributed by atoms with Gasteiger partial charge in [-0.1, -0.05) is 31.5 Å². The number of hydrogen-bond acceptors (Lipinski definition) is 2. The van der Waals surface area contributed by atoms with Crippen LogP contribution in [0.15, 0.2) is 24.3 Å². The minimum Gasteiger partial charge on any atom is -0.393 e. The zero-order chi connectivity index (χ0) is 15.6. The summed E-state index contributed by atoms with van der Waals surface area (Å²) in [5.41, 5.74) is 2.81. The lowest BCUT2D eigenvalue weighted by Crippen LogP contribution is -2.49. The zero-order valence-electron chi connectivity index (χ0n) is 13.5. The van der Waals surface area contributed by atoms with Crippen LogP contribution in [0.1, 0.15) is 58.3 Å². The Morgan fingerprint density at radius 1 is 1.23 bits per heavy atom. The molecule has 0 heterocycles. The van der Waals surface area contributed by atoms with Crippen LogP contribution in [-0.4, -0.2) is 23.2 Å². The molecule has 0 atom stereocenters. The van der Waals surface area contributed by atoms with Crippen LogP contribution in [0.3, 0.4) is 0 Å². The van der Waals surface area contributed by atoms with E-state index in [1.165, 1.54) is 17.5 Å². The molecule has 2 fully saturated rings. The van der Waals surface area contributed by atoms with Crippen LogP contribution < -0.4 is 5.32 Å². The second-order valence-electron chi connectivity index (χ2n) is 7.05. The number of benzene rings is 1. The summed E-state index contributed by atoms with van der Waals surface area (Å²) < 4.78 is 0. The van der Waals surface area contributed by atoms with E-state index < -0.39 is 0 Å². The SMILES string of the molecule is CCC1(C(=O)NC2CCC(O)CC2)CCC1.c1cc2cc-2c1. The van der Waals surface area contributed by atoms with Gasteiger partial charge in [0.05, 0.1) is 6.10 Å². The van der Waals surface area contributed by atoms with Gasteiger partial charge in [0, 0.05) is 11.5 Å². The van der Waals surface area contributed by atoms with Crippen LogP contribution in [0, 0.1) is 5.41 Å². The molecule has 4 aliphatic rings. The van der Waals surface area contributed by atoms with Crippen LogP contribution in [-0.2, 0) is 4.79 Å². The van der Waals surface area contributed by atoms with Crippen LogP contribution in [0.2, 0.25) is 0 Å². The molecule has 0 radical (unpaired) electrons. The molecule has 120 valence electrons. The first kappa shape index (κ1) is 15.5. The number of hydrogen-bond donors (Lipinski definition) is 2. The summed E-state index contributed by atoms with van der Waals surface area (Å²) >= 11 is 0. The fourth-order valence-corrected chi connectivity index (χ4v) is 3.58. The topological polar surface area (TPSA) is 49.3 Å². The number of amides is 1. The molecule has 2 N–H and O–H groups in total. The molecule has 3 heteroatoms. The van der Waals surface area contributed by atoms with Crippen LogP contribution >= 0.6 is 0 Å². The molecule has 1 amide bonds. The quantitative estimate of drug-likeness (QED) is 0.909. The average molecular weight is 301 g/mol. The van der Waals surface area contributed by atoms with Crippen LogP contribution in [0.5, 0.6) is 0 Å². The van der Waals surface area contributed by atoms with E-state index in [2.05, 4.69) is 36.5 Å². The highest BCUT2D eigenvalue weighted by Gasteiger charge is 2.42. The Morgan fingerprint density at radius 2 is 1.86 bits per heavy atom. The first-order valence-electron chi connectivity index (χ1n) is 8.72. The van der Waals surface area contributed by atoms with Gasteiger partial charge < -0.3 is 10.4 Å². The Hall–Kier alpha value is -1.35. The molecule has 0 unspecified atom stereocenters. The molecule has 4 rings (SSSR count). The van der Waals surface area contributed by atoms with Crippen molar-refractivity contribution in [3.63, 3.8) is 0 Å². The maximum atomic E-state index is 12.2. The number of fused-ring (bicyclic) bond motifs is 1. The Kier molecular flexibility index (Phi) is 4.53. The molecule has 0 aliphatic heterocycles. The zero-order valence-corrected chi connectivity index (χ0v) is 13.5. The van der Waals surface area contributed by atoms with E-state index in [0.29, 0.717) is 6.04 Å². The van der Waals surface area contributed by atoms with Gasteiger partial charge >= 0.3 is 0 Å². The van der Waals surface area contributed by atoms with E-state index in [9.17, 15) is 9.90 Å². The Balaban J connectivity index is 0.000000196.